The summed E-state index contributed by atoms with van der Waals surface area (Å²) in [6, 6.07) is 10.9. The van der Waals surface area contributed by atoms with Crippen LogP contribution < -0.4 is 0 Å². The van der Waals surface area contributed by atoms with E-state index in [1.165, 1.54) is 17.2 Å². The van der Waals surface area contributed by atoms with Gasteiger partial charge in [-0.1, -0.05) is 30.3 Å². The molecule has 0 unspecified atom stereocenters. The van der Waals surface area contributed by atoms with Gasteiger partial charge in [0.25, 0.3) is 0 Å². The van der Waals surface area contributed by atoms with E-state index in [1.807, 2.05) is 6.07 Å². The number of phenols is 1. The van der Waals surface area contributed by atoms with Crippen molar-refractivity contribution in [1.82, 2.24) is 15.0 Å². The molecule has 5 nitrogen and oxygen atoms in total. The lowest BCUT2D eigenvalue weighted by Crippen LogP contribution is -2.44. The van der Waals surface area contributed by atoms with Gasteiger partial charge in [0.15, 0.2) is 0 Å². The van der Waals surface area contributed by atoms with Crippen molar-refractivity contribution in [2.75, 3.05) is 0 Å². The van der Waals surface area contributed by atoms with Crippen molar-refractivity contribution in [1.29, 1.82) is 0 Å². The minimum absolute atomic E-state index is 0.241. The fourth-order valence-corrected chi connectivity index (χ4v) is 7.59. The molecule has 1 N–H and O–H groups in total. The number of fused-ring (bicyclic) bond motifs is 5. The van der Waals surface area contributed by atoms with E-state index in [0.29, 0.717) is 53.5 Å². The van der Waals surface area contributed by atoms with Crippen LogP contribution in [0.25, 0.3) is 11.3 Å². The van der Waals surface area contributed by atoms with Gasteiger partial charge in [0.1, 0.15) is 17.2 Å². The Bertz CT molecular complexity index is 1350. The van der Waals surface area contributed by atoms with Crippen molar-refractivity contribution in [3.8, 4) is 17.0 Å². The Hall–Kier alpha value is -3.16. The second-order valence-corrected chi connectivity index (χ2v) is 11.3. The van der Waals surface area contributed by atoms with E-state index >= 15 is 0 Å². The quantitative estimate of drug-likeness (QED) is 0.441. The first-order valence-corrected chi connectivity index (χ1v) is 13.1. The van der Waals surface area contributed by atoms with Gasteiger partial charge in [0.05, 0.1) is 11.8 Å². The second kappa shape index (κ2) is 8.71. The molecule has 1 aromatic heterocycles. The van der Waals surface area contributed by atoms with Gasteiger partial charge in [-0.15, -0.1) is 5.10 Å². The molecule has 5 atom stereocenters. The molecule has 0 amide bonds. The van der Waals surface area contributed by atoms with Crippen molar-refractivity contribution in [3.05, 3.63) is 65.4 Å². The normalized spacial score (nSPS) is 29.0. The third kappa shape index (κ3) is 4.14. The number of benzene rings is 2. The molecule has 194 valence electrons. The van der Waals surface area contributed by atoms with Gasteiger partial charge in [0, 0.05) is 23.9 Å². The zero-order valence-corrected chi connectivity index (χ0v) is 20.7. The number of alkyl halides is 3. The topological polar surface area (TPSA) is 68.0 Å². The molecule has 0 spiro atoms. The van der Waals surface area contributed by atoms with Crippen LogP contribution in [0.3, 0.4) is 0 Å². The molecule has 0 aliphatic heterocycles. The molecule has 2 fully saturated rings. The number of Topliss-reactive ketones (excluding diaryl/α,β-unsaturated/α-hetero) is 1. The van der Waals surface area contributed by atoms with Crippen LogP contribution in [0.1, 0.15) is 61.6 Å². The lowest BCUT2D eigenvalue weighted by molar-refractivity contribution is -0.137. The number of carbonyl (C=O) groups excluding carboxylic acids is 1. The smallest absolute Gasteiger partial charge is 0.416 e. The van der Waals surface area contributed by atoms with E-state index in [2.05, 4.69) is 23.3 Å². The molecule has 3 aliphatic carbocycles. The molecule has 0 saturated heterocycles. The van der Waals surface area contributed by atoms with Gasteiger partial charge in [0.2, 0.25) is 0 Å². The summed E-state index contributed by atoms with van der Waals surface area (Å²) in [6.45, 7) is 2.72. The molecule has 8 heteroatoms. The maximum absolute atomic E-state index is 13.3. The number of hydrogen-bond donors (Lipinski definition) is 1. The molecule has 2 saturated carbocycles. The molecule has 3 aliphatic rings. The predicted molar refractivity (Wildman–Crippen MR) is 132 cm³/mol. The van der Waals surface area contributed by atoms with Crippen molar-refractivity contribution in [2.45, 2.75) is 64.1 Å². The first-order valence-electron chi connectivity index (χ1n) is 13.1. The number of aromatic hydroxyl groups is 1. The molecule has 0 radical (unpaired) electrons. The second-order valence-electron chi connectivity index (χ2n) is 11.3. The minimum Gasteiger partial charge on any atom is -0.508 e. The number of halogens is 3. The zero-order chi connectivity index (χ0) is 25.9. The number of nitrogens with zero attached hydrogens (tertiary/aromatic N) is 3. The summed E-state index contributed by atoms with van der Waals surface area (Å²) in [4.78, 5) is 13.3. The van der Waals surface area contributed by atoms with Crippen LogP contribution in [-0.2, 0) is 23.9 Å². The van der Waals surface area contributed by atoms with Gasteiger partial charge >= 0.3 is 6.18 Å². The highest BCUT2D eigenvalue weighted by molar-refractivity contribution is 5.87. The van der Waals surface area contributed by atoms with Crippen LogP contribution in [0.2, 0.25) is 0 Å². The summed E-state index contributed by atoms with van der Waals surface area (Å²) in [5.74, 6) is 2.06. The van der Waals surface area contributed by atoms with Crippen molar-refractivity contribution >= 4 is 5.78 Å². The van der Waals surface area contributed by atoms with E-state index in [4.69, 9.17) is 0 Å². The number of phenolic OH excluding ortho intramolecular Hbond substituents is 1. The van der Waals surface area contributed by atoms with Crippen LogP contribution in [0.15, 0.2) is 48.7 Å². The Morgan fingerprint density at radius 3 is 2.81 bits per heavy atom. The first-order chi connectivity index (χ1) is 17.6. The molecule has 6 rings (SSSR count). The number of ketones is 1. The number of aromatic nitrogens is 3. The largest absolute Gasteiger partial charge is 0.508 e. The summed E-state index contributed by atoms with van der Waals surface area (Å²) in [5.41, 5.74) is 2.34. The first kappa shape index (κ1) is 24.2. The number of rotatable bonds is 4. The SMILES string of the molecule is C[C@]12CC[C@@H]3c4ccc(O)cc4CC[C@H]3[C@@H]1[C@H](CCn1cc(-c3cccc(C(F)(F)F)c3)nn1)CC2=O. The lowest BCUT2D eigenvalue weighted by Gasteiger charge is -2.50. The predicted octanol–water partition coefficient (Wildman–Crippen LogP) is 6.41. The summed E-state index contributed by atoms with van der Waals surface area (Å²) in [5, 5.41) is 18.2. The molecule has 3 aromatic rings. The monoisotopic (exact) mass is 509 g/mol. The maximum Gasteiger partial charge on any atom is 0.416 e. The van der Waals surface area contributed by atoms with Crippen molar-refractivity contribution in [3.63, 3.8) is 0 Å². The average Bonchev–Trinajstić information content (AvgIpc) is 3.44. The van der Waals surface area contributed by atoms with Crippen LogP contribution >= 0.6 is 0 Å². The minimum atomic E-state index is -4.41. The van der Waals surface area contributed by atoms with Crippen LogP contribution in [0, 0.1) is 23.2 Å². The van der Waals surface area contributed by atoms with Gasteiger partial charge in [-0.05, 0) is 91.2 Å². The third-order valence-corrected chi connectivity index (χ3v) is 9.31. The fraction of sp³-hybridized carbons (Fsp3) is 0.483. The van der Waals surface area contributed by atoms with Gasteiger partial charge in [-0.2, -0.15) is 13.2 Å². The van der Waals surface area contributed by atoms with E-state index in [1.54, 1.807) is 23.0 Å². The Morgan fingerprint density at radius 2 is 2.00 bits per heavy atom. The number of aryl methyl sites for hydroxylation is 2. The summed E-state index contributed by atoms with van der Waals surface area (Å²) in [6.07, 6.45) is 2.46. The lowest BCUT2D eigenvalue weighted by atomic mass is 9.54. The number of hydrogen-bond acceptors (Lipinski definition) is 4. The van der Waals surface area contributed by atoms with Crippen LogP contribution in [-0.4, -0.2) is 25.9 Å². The molecule has 37 heavy (non-hydrogen) atoms. The van der Waals surface area contributed by atoms with Gasteiger partial charge < -0.3 is 5.11 Å². The Morgan fingerprint density at radius 1 is 1.16 bits per heavy atom. The highest BCUT2D eigenvalue weighted by atomic mass is 19.4. The van der Waals surface area contributed by atoms with Crippen LogP contribution in [0.5, 0.6) is 5.75 Å². The highest BCUT2D eigenvalue weighted by Gasteiger charge is 2.58. The van der Waals surface area contributed by atoms with Gasteiger partial charge in [-0.25, -0.2) is 0 Å². The Labute approximate surface area is 213 Å². The molecule has 1 heterocycles. The van der Waals surface area contributed by atoms with Gasteiger partial charge in [-0.3, -0.25) is 9.48 Å². The van der Waals surface area contributed by atoms with Crippen molar-refractivity contribution < 1.29 is 23.1 Å². The summed E-state index contributed by atoms with van der Waals surface area (Å²) in [7, 11) is 0. The third-order valence-electron chi connectivity index (χ3n) is 9.31. The molecular weight excluding hydrogens is 479 g/mol. The highest BCUT2D eigenvalue weighted by Crippen LogP contribution is 2.62. The standard InChI is InChI=1S/C29H30F3N3O2/c1-28-11-9-23-22-8-6-21(36)14-17(22)5-7-24(23)27(28)19(15-26(28)37)10-12-35-16-25(33-34-35)18-3-2-4-20(13-18)29(30,31)32/h2-4,6,8,13-14,16,19,23-24,27,36H,5,7,9-12,15H2,1H3/t19-,23-,24-,27+,28-/m1/s1. The Balaban J connectivity index is 1.20. The van der Waals surface area contributed by atoms with E-state index in [0.717, 1.165) is 44.2 Å². The van der Waals surface area contributed by atoms with Crippen LogP contribution in [0.4, 0.5) is 13.2 Å². The van der Waals surface area contributed by atoms with E-state index < -0.39 is 11.7 Å². The molecule has 0 bridgehead atoms. The average molecular weight is 510 g/mol. The van der Waals surface area contributed by atoms with E-state index in [9.17, 15) is 23.1 Å². The summed E-state index contributed by atoms with van der Waals surface area (Å²) >= 11 is 0. The summed E-state index contributed by atoms with van der Waals surface area (Å²) < 4.78 is 41.0. The van der Waals surface area contributed by atoms with Crippen molar-refractivity contribution in [2.24, 2.45) is 23.2 Å². The fourth-order valence-electron chi connectivity index (χ4n) is 7.59. The van der Waals surface area contributed by atoms with E-state index in [-0.39, 0.29) is 11.3 Å². The molecule has 2 aromatic carbocycles. The molecular formula is C29H30F3N3O2. The Kier molecular flexibility index (Phi) is 5.69. The zero-order valence-electron chi connectivity index (χ0n) is 20.7. The number of carbonyl (C=O) groups is 1. The maximum atomic E-state index is 13.3.